The Bertz CT molecular complexity index is 2250. The van der Waals surface area contributed by atoms with Gasteiger partial charge in [-0.1, -0.05) is 6.07 Å². The Morgan fingerprint density at radius 1 is 0.905 bits per heavy atom. The Balaban J connectivity index is 0.722. The van der Waals surface area contributed by atoms with Gasteiger partial charge in [-0.05, 0) is 138 Å². The fourth-order valence-corrected chi connectivity index (χ4v) is 10.4. The number of aromatic nitrogens is 5. The molecule has 1 atom stereocenters. The number of benzene rings is 1. The molecule has 0 bridgehead atoms. The molecule has 17 heteroatoms. The molecule has 1 aromatic carbocycles. The maximum absolute atomic E-state index is 13.1. The van der Waals surface area contributed by atoms with Gasteiger partial charge >= 0.3 is 11.9 Å². The first kappa shape index (κ1) is 45.3. The molecule has 0 unspecified atom stereocenters. The third kappa shape index (κ3) is 11.1. The van der Waals surface area contributed by atoms with E-state index in [4.69, 9.17) is 14.5 Å². The summed E-state index contributed by atoms with van der Waals surface area (Å²) >= 11 is 0. The largest absolute Gasteiger partial charge is 0.393 e. The highest BCUT2D eigenvalue weighted by Crippen LogP contribution is 2.42. The Hall–Kier alpha value is -4.32. The van der Waals surface area contributed by atoms with E-state index in [0.29, 0.717) is 49.5 Å². The zero-order valence-corrected chi connectivity index (χ0v) is 36.4. The monoisotopic (exact) mass is 880 g/mol. The number of aliphatic hydroxyl groups excluding tert-OH is 1. The quantitative estimate of drug-likeness (QED) is 0.0785. The molecule has 4 fully saturated rings. The van der Waals surface area contributed by atoms with Crippen LogP contribution in [0.5, 0.6) is 0 Å². The van der Waals surface area contributed by atoms with Crippen LogP contribution in [0.2, 0.25) is 0 Å². The van der Waals surface area contributed by atoms with Crippen molar-refractivity contribution in [3.05, 3.63) is 52.2 Å². The van der Waals surface area contributed by atoms with E-state index in [2.05, 4.69) is 31.3 Å². The summed E-state index contributed by atoms with van der Waals surface area (Å²) in [4.78, 5) is 49.0. The van der Waals surface area contributed by atoms with Crippen molar-refractivity contribution >= 4 is 39.8 Å². The number of imide groups is 1. The molecule has 2 aliphatic carbocycles. The van der Waals surface area contributed by atoms with Gasteiger partial charge in [0.05, 0.1) is 36.8 Å². The molecule has 0 spiro atoms. The second-order valence-electron chi connectivity index (χ2n) is 18.4. The third-order valence-corrected chi connectivity index (χ3v) is 14.0. The third-order valence-electron chi connectivity index (χ3n) is 14.0. The first-order chi connectivity index (χ1) is 30.4. The number of hydrogen-bond donors (Lipinski definition) is 3. The van der Waals surface area contributed by atoms with Gasteiger partial charge in [0.2, 0.25) is 17.8 Å². The second kappa shape index (κ2) is 20.2. The number of fused-ring (bicyclic) bond motifs is 2. The number of hydrogen-bond acceptors (Lipinski definition) is 10. The smallest absolute Gasteiger partial charge is 0.390 e. The number of nitrogens with zero attached hydrogens (tertiary/aromatic N) is 6. The Morgan fingerprint density at radius 3 is 2.41 bits per heavy atom. The zero-order valence-electron chi connectivity index (χ0n) is 36.4. The van der Waals surface area contributed by atoms with Crippen LogP contribution in [0.3, 0.4) is 0 Å². The highest BCUT2D eigenvalue weighted by atomic mass is 19.4. The van der Waals surface area contributed by atoms with Gasteiger partial charge in [-0.3, -0.25) is 24.0 Å². The lowest BCUT2D eigenvalue weighted by atomic mass is 9.78. The molecule has 5 heterocycles. The minimum atomic E-state index is -4.24. The van der Waals surface area contributed by atoms with Gasteiger partial charge in [0, 0.05) is 63.6 Å². The van der Waals surface area contributed by atoms with Crippen molar-refractivity contribution in [3.8, 4) is 0 Å². The van der Waals surface area contributed by atoms with Crippen LogP contribution in [0, 0.1) is 11.8 Å². The van der Waals surface area contributed by atoms with Gasteiger partial charge in [0.25, 0.3) is 0 Å². The van der Waals surface area contributed by atoms with Gasteiger partial charge in [-0.15, -0.1) is 0 Å². The number of carbonyl (C=O) groups is 2. The molecule has 3 aromatic heterocycles. The van der Waals surface area contributed by atoms with Crippen molar-refractivity contribution in [1.29, 1.82) is 0 Å². The van der Waals surface area contributed by atoms with Crippen LogP contribution in [0.15, 0.2) is 35.4 Å². The fraction of sp³-hybridized carbons (Fsp3) is 0.674. The number of ether oxygens (including phenoxy) is 2. The molecule has 344 valence electrons. The van der Waals surface area contributed by atoms with Gasteiger partial charge in [0.1, 0.15) is 11.7 Å². The van der Waals surface area contributed by atoms with Gasteiger partial charge in [0.15, 0.2) is 0 Å². The fourth-order valence-electron chi connectivity index (χ4n) is 10.4. The van der Waals surface area contributed by atoms with Crippen LogP contribution in [0.25, 0.3) is 22.1 Å². The van der Waals surface area contributed by atoms with E-state index < -0.39 is 24.5 Å². The summed E-state index contributed by atoms with van der Waals surface area (Å²) in [6.07, 6.45) is 10.6. The number of anilines is 1. The molecule has 4 aliphatic rings. The lowest BCUT2D eigenvalue weighted by Gasteiger charge is -2.36. The maximum Gasteiger partial charge on any atom is 0.390 e. The number of imidazole rings is 1. The standard InChI is InChI=1S/C46H63F3N8O6/c1-54-40-25-30(6-13-38(40)57(45(54)61)39-14-15-41(59)52-43(39)60)3-2-22-62-23-24-63-29-32-16-20-55(21-17-32)27-31-4-7-33(8-5-31)37-28-56(34-9-11-35(58)12-10-34)42-36(37)26-51-44(53-42)50-19-18-46(47,48)49/h6,13,25-26,28,31-35,39,58H,2-5,7-12,14-24,27,29H2,1H3,(H,50,51,53)(H,52,59,60)/t31?,33?,34?,35?,39-/m0/s1. The van der Waals surface area contributed by atoms with Crippen LogP contribution in [0.1, 0.15) is 119 Å². The molecule has 2 amide bonds. The van der Waals surface area contributed by atoms with Crippen LogP contribution >= 0.6 is 0 Å². The summed E-state index contributed by atoms with van der Waals surface area (Å²) in [5.41, 5.74) is 4.29. The number of aryl methyl sites for hydroxylation is 2. The Labute approximate surface area is 365 Å². The number of halogens is 3. The number of alkyl halides is 3. The minimum absolute atomic E-state index is 0.197. The highest BCUT2D eigenvalue weighted by Gasteiger charge is 2.33. The van der Waals surface area contributed by atoms with Crippen LogP contribution in [-0.2, 0) is 32.5 Å². The van der Waals surface area contributed by atoms with E-state index in [9.17, 15) is 32.7 Å². The summed E-state index contributed by atoms with van der Waals surface area (Å²) in [5, 5.41) is 16.3. The molecule has 2 saturated heterocycles. The number of aliphatic hydroxyl groups is 1. The van der Waals surface area contributed by atoms with Crippen molar-refractivity contribution in [2.45, 2.75) is 127 Å². The molecule has 2 aliphatic heterocycles. The predicted molar refractivity (Wildman–Crippen MR) is 233 cm³/mol. The normalized spacial score (nSPS) is 24.4. The molecule has 14 nitrogen and oxygen atoms in total. The SMILES string of the molecule is Cn1c(=O)n([C@H]2CCC(=O)NC2=O)c2ccc(CCCOCCOCC3CCN(CC4CCC(c5cn(C6CCC(O)CC6)c6nc(NCCC(F)(F)F)ncc56)CC4)CC3)cc21. The molecular weight excluding hydrogens is 818 g/mol. The first-order valence-corrected chi connectivity index (χ1v) is 23.2. The van der Waals surface area contributed by atoms with Crippen LogP contribution in [0.4, 0.5) is 19.1 Å². The van der Waals surface area contributed by atoms with E-state index in [0.717, 1.165) is 125 Å². The van der Waals surface area contributed by atoms with E-state index in [1.165, 1.54) is 10.1 Å². The number of amides is 2. The molecule has 3 N–H and O–H groups in total. The molecular formula is C46H63F3N8O6. The predicted octanol–water partition coefficient (Wildman–Crippen LogP) is 6.55. The van der Waals surface area contributed by atoms with Crippen LogP contribution < -0.4 is 16.3 Å². The summed E-state index contributed by atoms with van der Waals surface area (Å²) in [6, 6.07) is 5.38. The van der Waals surface area contributed by atoms with Crippen LogP contribution in [-0.4, -0.2) is 110 Å². The molecule has 8 rings (SSSR count). The lowest BCUT2D eigenvalue weighted by molar-refractivity contribution is -0.136. The molecule has 4 aromatic rings. The first-order valence-electron chi connectivity index (χ1n) is 23.2. The average Bonchev–Trinajstić information content (AvgIpc) is 3.76. The molecule has 2 saturated carbocycles. The number of nitrogens with one attached hydrogen (secondary N) is 2. The molecule has 63 heavy (non-hydrogen) atoms. The summed E-state index contributed by atoms with van der Waals surface area (Å²) in [7, 11) is 1.71. The maximum atomic E-state index is 13.1. The van der Waals surface area contributed by atoms with E-state index in [-0.39, 0.29) is 42.7 Å². The summed E-state index contributed by atoms with van der Waals surface area (Å²) < 4.78 is 55.6. The van der Waals surface area contributed by atoms with E-state index >= 15 is 0 Å². The zero-order chi connectivity index (χ0) is 44.1. The Kier molecular flexibility index (Phi) is 14.5. The van der Waals surface area contributed by atoms with Gasteiger partial charge < -0.3 is 29.4 Å². The number of likely N-dealkylation sites (tertiary alicyclic amines) is 1. The van der Waals surface area contributed by atoms with Crippen molar-refractivity contribution in [3.63, 3.8) is 0 Å². The van der Waals surface area contributed by atoms with E-state index in [1.807, 2.05) is 18.2 Å². The number of rotatable bonds is 17. The van der Waals surface area contributed by atoms with Crippen molar-refractivity contribution in [1.82, 2.24) is 33.9 Å². The summed E-state index contributed by atoms with van der Waals surface area (Å²) in [6.45, 7) is 5.51. The van der Waals surface area contributed by atoms with Gasteiger partial charge in [-0.2, -0.15) is 18.2 Å². The van der Waals surface area contributed by atoms with E-state index in [1.54, 1.807) is 17.8 Å². The second-order valence-corrected chi connectivity index (χ2v) is 18.4. The highest BCUT2D eigenvalue weighted by molar-refractivity contribution is 6.00. The van der Waals surface area contributed by atoms with Gasteiger partial charge in [-0.25, -0.2) is 9.78 Å². The molecule has 0 radical (unpaired) electrons. The number of piperidine rings is 2. The minimum Gasteiger partial charge on any atom is -0.393 e. The van der Waals surface area contributed by atoms with Crippen molar-refractivity contribution < 1.29 is 37.3 Å². The average molecular weight is 881 g/mol. The topological polar surface area (TPSA) is 158 Å². The van der Waals surface area contributed by atoms with Crippen molar-refractivity contribution in [2.24, 2.45) is 18.9 Å². The summed E-state index contributed by atoms with van der Waals surface area (Å²) in [5.74, 6) is 1.08. The number of carbonyl (C=O) groups excluding carboxylic acids is 2. The lowest BCUT2D eigenvalue weighted by Crippen LogP contribution is -2.44. The van der Waals surface area contributed by atoms with Crippen molar-refractivity contribution in [2.75, 3.05) is 57.9 Å². The Morgan fingerprint density at radius 2 is 1.67 bits per heavy atom.